The number of nitrogens with one attached hydrogen (secondary N) is 1. The van der Waals surface area contributed by atoms with Crippen LogP contribution in [0.5, 0.6) is 5.75 Å². The number of hydrogen-bond donors (Lipinski definition) is 1. The Balaban J connectivity index is 2.63. The van der Waals surface area contributed by atoms with Gasteiger partial charge in [0.15, 0.2) is 0 Å². The fourth-order valence-electron chi connectivity index (χ4n) is 1.43. The number of nitrogens with zero attached hydrogens (tertiary/aromatic N) is 1. The Labute approximate surface area is 113 Å². The van der Waals surface area contributed by atoms with Gasteiger partial charge in [-0.25, -0.2) is 9.40 Å². The maximum absolute atomic E-state index is 12.1. The van der Waals surface area contributed by atoms with Crippen LogP contribution in [0, 0.1) is 0 Å². The summed E-state index contributed by atoms with van der Waals surface area (Å²) in [5.74, 6) is -0.434. The molecule has 0 saturated carbocycles. The van der Waals surface area contributed by atoms with E-state index in [4.69, 9.17) is 4.74 Å². The number of alkyl halides is 4. The molecule has 0 aliphatic heterocycles. The number of halogens is 4. The Morgan fingerprint density at radius 3 is 2.70 bits per heavy atom. The molecule has 1 aromatic carbocycles. The van der Waals surface area contributed by atoms with Crippen molar-refractivity contribution < 1.29 is 27.1 Å². The predicted molar refractivity (Wildman–Crippen MR) is 64.1 cm³/mol. The first-order chi connectivity index (χ1) is 9.31. The predicted octanol–water partition coefficient (Wildman–Crippen LogP) is 2.17. The van der Waals surface area contributed by atoms with Crippen LogP contribution in [0.3, 0.4) is 0 Å². The summed E-state index contributed by atoms with van der Waals surface area (Å²) in [5.41, 5.74) is 2.20. The van der Waals surface area contributed by atoms with E-state index in [9.17, 15) is 22.4 Å². The molecule has 0 spiro atoms. The van der Waals surface area contributed by atoms with Gasteiger partial charge in [0, 0.05) is 12.6 Å². The van der Waals surface area contributed by atoms with Crippen LogP contribution in [0.2, 0.25) is 0 Å². The maximum atomic E-state index is 12.1. The van der Waals surface area contributed by atoms with Crippen LogP contribution in [0.4, 0.5) is 17.6 Å². The average Bonchev–Trinajstić information content (AvgIpc) is 2.34. The fourth-order valence-corrected chi connectivity index (χ4v) is 1.43. The monoisotopic (exact) mass is 294 g/mol. The molecule has 112 valence electrons. The normalized spacial score (nSPS) is 11.5. The van der Waals surface area contributed by atoms with Crippen molar-refractivity contribution in [3.63, 3.8) is 0 Å². The third-order valence-electron chi connectivity index (χ3n) is 2.15. The van der Waals surface area contributed by atoms with E-state index < -0.39 is 25.3 Å². The second-order valence-corrected chi connectivity index (χ2v) is 3.98. The number of carbonyl (C=O) groups is 1. The molecule has 0 atom stereocenters. The van der Waals surface area contributed by atoms with E-state index in [1.165, 1.54) is 24.3 Å². The van der Waals surface area contributed by atoms with Crippen LogP contribution in [-0.4, -0.2) is 44.0 Å². The minimum Gasteiger partial charge on any atom is -0.491 e. The lowest BCUT2D eigenvalue weighted by Gasteiger charge is -2.19. The summed E-state index contributed by atoms with van der Waals surface area (Å²) >= 11 is 0. The van der Waals surface area contributed by atoms with Gasteiger partial charge in [-0.3, -0.25) is 10.2 Å². The van der Waals surface area contributed by atoms with Gasteiger partial charge in [0.25, 0.3) is 5.91 Å². The molecular weight excluding hydrogens is 280 g/mol. The molecule has 0 unspecified atom stereocenters. The van der Waals surface area contributed by atoms with Crippen molar-refractivity contribution in [3.8, 4) is 5.75 Å². The maximum Gasteiger partial charge on any atom is 0.403 e. The van der Waals surface area contributed by atoms with Crippen molar-refractivity contribution in [2.24, 2.45) is 0 Å². The van der Waals surface area contributed by atoms with Crippen LogP contribution < -0.4 is 10.2 Å². The van der Waals surface area contributed by atoms with E-state index in [1.807, 2.05) is 0 Å². The zero-order chi connectivity index (χ0) is 15.2. The van der Waals surface area contributed by atoms with Crippen LogP contribution in [-0.2, 0) is 0 Å². The summed E-state index contributed by atoms with van der Waals surface area (Å²) in [7, 11) is 1.11. The molecule has 1 aromatic rings. The van der Waals surface area contributed by atoms with E-state index in [0.717, 1.165) is 7.05 Å². The molecule has 0 bridgehead atoms. The number of carbonyl (C=O) groups excluding carboxylic acids is 1. The lowest BCUT2D eigenvalue weighted by molar-refractivity contribution is -0.147. The van der Waals surface area contributed by atoms with E-state index in [-0.39, 0.29) is 17.9 Å². The lowest BCUT2D eigenvalue weighted by atomic mass is 10.2. The smallest absolute Gasteiger partial charge is 0.403 e. The first-order valence-corrected chi connectivity index (χ1v) is 5.69. The first kappa shape index (κ1) is 16.2. The Kier molecular flexibility index (Phi) is 5.75. The molecule has 1 amide bonds. The molecule has 0 fully saturated rings. The molecule has 1 N–H and O–H groups in total. The first-order valence-electron chi connectivity index (χ1n) is 5.69. The van der Waals surface area contributed by atoms with Crippen LogP contribution in [0.25, 0.3) is 0 Å². The summed E-state index contributed by atoms with van der Waals surface area (Å²) in [6, 6.07) is 5.75. The number of hydrogen-bond acceptors (Lipinski definition) is 3. The zero-order valence-electron chi connectivity index (χ0n) is 10.7. The highest BCUT2D eigenvalue weighted by Crippen LogP contribution is 2.16. The molecule has 0 heterocycles. The Hall–Kier alpha value is -1.83. The highest BCUT2D eigenvalue weighted by atomic mass is 19.4. The van der Waals surface area contributed by atoms with Gasteiger partial charge in [0.1, 0.15) is 25.6 Å². The number of hydrazine groups is 1. The highest BCUT2D eigenvalue weighted by Gasteiger charge is 2.29. The third kappa shape index (κ3) is 5.87. The molecule has 0 aliphatic rings. The second kappa shape index (κ2) is 7.09. The summed E-state index contributed by atoms with van der Waals surface area (Å²) in [6.07, 6.45) is -4.41. The number of rotatable bonds is 6. The van der Waals surface area contributed by atoms with E-state index in [2.05, 4.69) is 5.43 Å². The average molecular weight is 294 g/mol. The number of amides is 1. The zero-order valence-corrected chi connectivity index (χ0v) is 10.7. The quantitative estimate of drug-likeness (QED) is 0.646. The molecule has 20 heavy (non-hydrogen) atoms. The SMILES string of the molecule is CN(CC(F)(F)F)NC(=O)c1cccc(OCCF)c1. The fraction of sp³-hybridized carbons (Fsp3) is 0.417. The van der Waals surface area contributed by atoms with Gasteiger partial charge in [-0.2, -0.15) is 13.2 Å². The molecule has 0 radical (unpaired) electrons. The van der Waals surface area contributed by atoms with Gasteiger partial charge in [-0.05, 0) is 18.2 Å². The molecule has 0 aliphatic carbocycles. The molecule has 0 aromatic heterocycles. The van der Waals surface area contributed by atoms with Crippen molar-refractivity contribution in [3.05, 3.63) is 29.8 Å². The van der Waals surface area contributed by atoms with Gasteiger partial charge in [-0.1, -0.05) is 6.07 Å². The van der Waals surface area contributed by atoms with Gasteiger partial charge >= 0.3 is 6.18 Å². The highest BCUT2D eigenvalue weighted by molar-refractivity contribution is 5.94. The minimum absolute atomic E-state index is 0.121. The van der Waals surface area contributed by atoms with Gasteiger partial charge < -0.3 is 4.74 Å². The Morgan fingerprint density at radius 2 is 2.10 bits per heavy atom. The van der Waals surface area contributed by atoms with Gasteiger partial charge in [0.05, 0.1) is 0 Å². The van der Waals surface area contributed by atoms with E-state index in [0.29, 0.717) is 5.01 Å². The lowest BCUT2D eigenvalue weighted by Crippen LogP contribution is -2.44. The topological polar surface area (TPSA) is 41.6 Å². The molecule has 1 rings (SSSR count). The summed E-state index contributed by atoms with van der Waals surface area (Å²) in [6.45, 7) is -2.10. The summed E-state index contributed by atoms with van der Waals surface area (Å²) in [5, 5.41) is 0.636. The molecule has 4 nitrogen and oxygen atoms in total. The number of benzene rings is 1. The number of ether oxygens (including phenoxy) is 1. The van der Waals surface area contributed by atoms with Crippen molar-refractivity contribution in [1.29, 1.82) is 0 Å². The van der Waals surface area contributed by atoms with Crippen LogP contribution >= 0.6 is 0 Å². The van der Waals surface area contributed by atoms with Gasteiger partial charge in [0.2, 0.25) is 0 Å². The van der Waals surface area contributed by atoms with E-state index in [1.54, 1.807) is 0 Å². The minimum atomic E-state index is -4.41. The van der Waals surface area contributed by atoms with Gasteiger partial charge in [-0.15, -0.1) is 0 Å². The molecule has 8 heteroatoms. The van der Waals surface area contributed by atoms with Crippen molar-refractivity contribution in [1.82, 2.24) is 10.4 Å². The second-order valence-electron chi connectivity index (χ2n) is 3.98. The van der Waals surface area contributed by atoms with Crippen molar-refractivity contribution in [2.75, 3.05) is 26.9 Å². The molecular formula is C12H14F4N2O2. The van der Waals surface area contributed by atoms with E-state index >= 15 is 0 Å². The van der Waals surface area contributed by atoms with Crippen LogP contribution in [0.15, 0.2) is 24.3 Å². The summed E-state index contributed by atoms with van der Waals surface area (Å²) < 4.78 is 53.3. The third-order valence-corrected chi connectivity index (χ3v) is 2.15. The van der Waals surface area contributed by atoms with Crippen molar-refractivity contribution in [2.45, 2.75) is 6.18 Å². The largest absolute Gasteiger partial charge is 0.491 e. The standard InChI is InChI=1S/C12H14F4N2O2/c1-18(8-12(14,15)16)17-11(19)9-3-2-4-10(7-9)20-6-5-13/h2-4,7H,5-6,8H2,1H3,(H,17,19). The van der Waals surface area contributed by atoms with Crippen molar-refractivity contribution >= 4 is 5.91 Å². The Morgan fingerprint density at radius 1 is 1.40 bits per heavy atom. The Bertz CT molecular complexity index is 451. The summed E-state index contributed by atoms with van der Waals surface area (Å²) in [4.78, 5) is 11.7. The molecule has 0 saturated heterocycles. The van der Waals surface area contributed by atoms with Crippen LogP contribution in [0.1, 0.15) is 10.4 Å².